The summed E-state index contributed by atoms with van der Waals surface area (Å²) in [5.74, 6) is 0.463. The SMILES string of the molecule is COc1ccccc1NCC(=O)NN=Cc1ccc(Br)s1. The third-order valence-electron chi connectivity index (χ3n) is 2.52. The molecular formula is C14H14BrN3O2S. The van der Waals surface area contributed by atoms with Gasteiger partial charge in [0, 0.05) is 4.88 Å². The van der Waals surface area contributed by atoms with E-state index in [4.69, 9.17) is 4.74 Å². The summed E-state index contributed by atoms with van der Waals surface area (Å²) in [6, 6.07) is 11.3. The van der Waals surface area contributed by atoms with Gasteiger partial charge in [0.15, 0.2) is 0 Å². The van der Waals surface area contributed by atoms with Gasteiger partial charge in [-0.2, -0.15) is 5.10 Å². The molecule has 1 amide bonds. The van der Waals surface area contributed by atoms with Crippen LogP contribution in [0.1, 0.15) is 4.88 Å². The number of hydrogen-bond acceptors (Lipinski definition) is 5. The van der Waals surface area contributed by atoms with E-state index < -0.39 is 0 Å². The molecule has 1 heterocycles. The normalized spacial score (nSPS) is 10.6. The number of benzene rings is 1. The molecule has 0 bridgehead atoms. The lowest BCUT2D eigenvalue weighted by Crippen LogP contribution is -2.25. The lowest BCUT2D eigenvalue weighted by Gasteiger charge is -2.09. The van der Waals surface area contributed by atoms with Crippen molar-refractivity contribution in [3.05, 3.63) is 45.1 Å². The summed E-state index contributed by atoms with van der Waals surface area (Å²) in [4.78, 5) is 12.6. The highest BCUT2D eigenvalue weighted by Crippen LogP contribution is 2.22. The van der Waals surface area contributed by atoms with E-state index in [9.17, 15) is 4.79 Å². The highest BCUT2D eigenvalue weighted by atomic mass is 79.9. The van der Waals surface area contributed by atoms with Gasteiger partial charge >= 0.3 is 0 Å². The highest BCUT2D eigenvalue weighted by Gasteiger charge is 2.03. The lowest BCUT2D eigenvalue weighted by atomic mass is 10.3. The molecule has 0 aliphatic carbocycles. The quantitative estimate of drug-likeness (QED) is 0.609. The number of anilines is 1. The van der Waals surface area contributed by atoms with E-state index in [2.05, 4.69) is 31.8 Å². The van der Waals surface area contributed by atoms with Crippen molar-refractivity contribution in [1.29, 1.82) is 0 Å². The first-order valence-electron chi connectivity index (χ1n) is 6.13. The first-order chi connectivity index (χ1) is 10.2. The predicted molar refractivity (Wildman–Crippen MR) is 89.2 cm³/mol. The molecule has 0 atom stereocenters. The van der Waals surface area contributed by atoms with E-state index in [0.717, 1.165) is 14.4 Å². The van der Waals surface area contributed by atoms with Crippen molar-refractivity contribution < 1.29 is 9.53 Å². The molecule has 2 N–H and O–H groups in total. The van der Waals surface area contributed by atoms with E-state index >= 15 is 0 Å². The van der Waals surface area contributed by atoms with Crippen molar-refractivity contribution in [2.75, 3.05) is 19.0 Å². The molecule has 0 aliphatic rings. The van der Waals surface area contributed by atoms with Gasteiger partial charge in [0.05, 0.1) is 29.3 Å². The Labute approximate surface area is 135 Å². The third kappa shape index (κ3) is 4.87. The van der Waals surface area contributed by atoms with Crippen molar-refractivity contribution >= 4 is 45.1 Å². The second kappa shape index (κ2) is 7.80. The molecule has 0 saturated carbocycles. The summed E-state index contributed by atoms with van der Waals surface area (Å²) < 4.78 is 6.21. The molecular weight excluding hydrogens is 354 g/mol. The number of methoxy groups -OCH3 is 1. The number of nitrogens with one attached hydrogen (secondary N) is 2. The summed E-state index contributed by atoms with van der Waals surface area (Å²) in [5, 5.41) is 6.90. The number of rotatable bonds is 6. The van der Waals surface area contributed by atoms with Gasteiger partial charge in [-0.3, -0.25) is 4.79 Å². The molecule has 0 radical (unpaired) electrons. The number of carbonyl (C=O) groups is 1. The highest BCUT2D eigenvalue weighted by molar-refractivity contribution is 9.11. The van der Waals surface area contributed by atoms with E-state index in [-0.39, 0.29) is 12.5 Å². The number of halogens is 1. The second-order valence-electron chi connectivity index (χ2n) is 3.99. The van der Waals surface area contributed by atoms with Gasteiger partial charge in [0.2, 0.25) is 0 Å². The molecule has 0 unspecified atom stereocenters. The van der Waals surface area contributed by atoms with Crippen LogP contribution in [-0.2, 0) is 4.79 Å². The van der Waals surface area contributed by atoms with Crippen molar-refractivity contribution in [3.63, 3.8) is 0 Å². The molecule has 21 heavy (non-hydrogen) atoms. The largest absolute Gasteiger partial charge is 0.495 e. The maximum absolute atomic E-state index is 11.7. The minimum absolute atomic E-state index is 0.117. The van der Waals surface area contributed by atoms with Gasteiger partial charge in [-0.05, 0) is 40.2 Å². The van der Waals surface area contributed by atoms with Crippen LogP contribution in [0.5, 0.6) is 5.75 Å². The zero-order valence-electron chi connectivity index (χ0n) is 11.3. The first-order valence-corrected chi connectivity index (χ1v) is 7.74. The van der Waals surface area contributed by atoms with Crippen LogP contribution in [0.3, 0.4) is 0 Å². The first kappa shape index (κ1) is 15.5. The van der Waals surface area contributed by atoms with Crippen LogP contribution in [0.15, 0.2) is 45.3 Å². The summed E-state index contributed by atoms with van der Waals surface area (Å²) in [7, 11) is 1.59. The van der Waals surface area contributed by atoms with Gasteiger partial charge in [0.1, 0.15) is 5.75 Å². The lowest BCUT2D eigenvalue weighted by molar-refractivity contribution is -0.119. The average molecular weight is 368 g/mol. The van der Waals surface area contributed by atoms with Crippen LogP contribution in [0.2, 0.25) is 0 Å². The van der Waals surface area contributed by atoms with Gasteiger partial charge in [0.25, 0.3) is 5.91 Å². The molecule has 0 saturated heterocycles. The molecule has 0 aliphatic heterocycles. The van der Waals surface area contributed by atoms with E-state index in [1.165, 1.54) is 11.3 Å². The number of carbonyl (C=O) groups excluding carboxylic acids is 1. The van der Waals surface area contributed by atoms with E-state index in [1.54, 1.807) is 13.3 Å². The van der Waals surface area contributed by atoms with Gasteiger partial charge in [-0.1, -0.05) is 12.1 Å². The Bertz CT molecular complexity index is 643. The number of ether oxygens (including phenoxy) is 1. The molecule has 5 nitrogen and oxygen atoms in total. The van der Waals surface area contributed by atoms with Crippen molar-refractivity contribution in [3.8, 4) is 5.75 Å². The molecule has 7 heteroatoms. The third-order valence-corrected chi connectivity index (χ3v) is 4.08. The van der Waals surface area contributed by atoms with Crippen LogP contribution >= 0.6 is 27.3 Å². The Hall–Kier alpha value is -1.86. The zero-order valence-corrected chi connectivity index (χ0v) is 13.7. The minimum Gasteiger partial charge on any atom is -0.495 e. The van der Waals surface area contributed by atoms with Gasteiger partial charge < -0.3 is 10.1 Å². The van der Waals surface area contributed by atoms with Gasteiger partial charge in [-0.25, -0.2) is 5.43 Å². The Morgan fingerprint density at radius 3 is 2.90 bits per heavy atom. The average Bonchev–Trinajstić information content (AvgIpc) is 2.91. The number of nitrogens with zero attached hydrogens (tertiary/aromatic N) is 1. The van der Waals surface area contributed by atoms with Crippen molar-refractivity contribution in [2.24, 2.45) is 5.10 Å². The Morgan fingerprint density at radius 2 is 2.19 bits per heavy atom. The maximum atomic E-state index is 11.7. The van der Waals surface area contributed by atoms with Crippen LogP contribution in [0.4, 0.5) is 5.69 Å². The van der Waals surface area contributed by atoms with Crippen LogP contribution in [0.25, 0.3) is 0 Å². The number of thiophene rings is 1. The minimum atomic E-state index is -0.229. The summed E-state index contributed by atoms with van der Waals surface area (Å²) in [5.41, 5.74) is 3.23. The number of para-hydroxylation sites is 2. The Kier molecular flexibility index (Phi) is 5.77. The molecule has 0 fully saturated rings. The fourth-order valence-corrected chi connectivity index (χ4v) is 2.87. The molecule has 1 aromatic heterocycles. The monoisotopic (exact) mass is 367 g/mol. The molecule has 2 rings (SSSR count). The van der Waals surface area contributed by atoms with Crippen molar-refractivity contribution in [1.82, 2.24) is 5.43 Å². The van der Waals surface area contributed by atoms with E-state index in [1.807, 2.05) is 36.4 Å². The summed E-state index contributed by atoms with van der Waals surface area (Å²) in [6.45, 7) is 0.117. The number of amides is 1. The Morgan fingerprint density at radius 1 is 1.38 bits per heavy atom. The topological polar surface area (TPSA) is 62.7 Å². The zero-order chi connectivity index (χ0) is 15.1. The van der Waals surface area contributed by atoms with E-state index in [0.29, 0.717) is 5.75 Å². The molecule has 0 spiro atoms. The van der Waals surface area contributed by atoms with Crippen LogP contribution < -0.4 is 15.5 Å². The molecule has 110 valence electrons. The molecule has 2 aromatic rings. The van der Waals surface area contributed by atoms with Crippen molar-refractivity contribution in [2.45, 2.75) is 0 Å². The smallest absolute Gasteiger partial charge is 0.259 e. The van der Waals surface area contributed by atoms with Crippen LogP contribution in [-0.4, -0.2) is 25.8 Å². The summed E-state index contributed by atoms with van der Waals surface area (Å²) >= 11 is 4.90. The molecule has 1 aromatic carbocycles. The standard InChI is InChI=1S/C14H14BrN3O2S/c1-20-12-5-3-2-4-11(12)16-9-14(19)18-17-8-10-6-7-13(15)21-10/h2-8,16H,9H2,1H3,(H,18,19). The fourth-order valence-electron chi connectivity index (χ4n) is 1.57. The fraction of sp³-hybridized carbons (Fsp3) is 0.143. The number of hydrazone groups is 1. The second-order valence-corrected chi connectivity index (χ2v) is 6.48. The number of hydrogen-bond donors (Lipinski definition) is 2. The maximum Gasteiger partial charge on any atom is 0.259 e. The Balaban J connectivity index is 1.81. The summed E-state index contributed by atoms with van der Waals surface area (Å²) in [6.07, 6.45) is 1.61. The van der Waals surface area contributed by atoms with Gasteiger partial charge in [-0.15, -0.1) is 11.3 Å². The van der Waals surface area contributed by atoms with Crippen LogP contribution in [0, 0.1) is 0 Å². The predicted octanol–water partition coefficient (Wildman–Crippen LogP) is 3.08.